The predicted octanol–water partition coefficient (Wildman–Crippen LogP) is 6.11. The Bertz CT molecular complexity index is 933. The fourth-order valence-corrected chi connectivity index (χ4v) is 4.74. The summed E-state index contributed by atoms with van der Waals surface area (Å²) in [5.41, 5.74) is 0.931. The van der Waals surface area contributed by atoms with E-state index in [0.717, 1.165) is 40.2 Å². The number of rotatable bonds is 8. The lowest BCUT2D eigenvalue weighted by molar-refractivity contribution is -0.142. The fraction of sp³-hybridized carbons (Fsp3) is 0.417. The first-order valence-corrected chi connectivity index (χ1v) is 12.7. The van der Waals surface area contributed by atoms with E-state index >= 15 is 0 Å². The number of carbonyl (C=O) groups excluding carboxylic acids is 2. The van der Waals surface area contributed by atoms with Crippen molar-refractivity contribution < 1.29 is 14.3 Å². The summed E-state index contributed by atoms with van der Waals surface area (Å²) in [5, 5.41) is 3.54. The lowest BCUT2D eigenvalue weighted by Crippen LogP contribution is -2.51. The molecule has 0 bridgehead atoms. The van der Waals surface area contributed by atoms with Gasteiger partial charge in [0.1, 0.15) is 11.8 Å². The van der Waals surface area contributed by atoms with Gasteiger partial charge in [-0.2, -0.15) is 0 Å². The average molecular weight is 587 g/mol. The Morgan fingerprint density at radius 1 is 1.09 bits per heavy atom. The number of nitrogens with one attached hydrogen (secondary N) is 1. The van der Waals surface area contributed by atoms with E-state index in [0.29, 0.717) is 17.3 Å². The Hall–Kier alpha value is -1.57. The highest BCUT2D eigenvalue weighted by atomic mass is 79.9. The highest BCUT2D eigenvalue weighted by Gasteiger charge is 2.28. The molecule has 0 saturated heterocycles. The maximum absolute atomic E-state index is 13.2. The Labute approximate surface area is 211 Å². The summed E-state index contributed by atoms with van der Waals surface area (Å²) >= 11 is 13.0. The van der Waals surface area contributed by atoms with E-state index in [-0.39, 0.29) is 24.5 Å². The summed E-state index contributed by atoms with van der Waals surface area (Å²) < 4.78 is 7.47. The molecule has 0 heterocycles. The van der Waals surface area contributed by atoms with Crippen molar-refractivity contribution in [1.82, 2.24) is 10.2 Å². The monoisotopic (exact) mass is 584 g/mol. The first-order valence-electron chi connectivity index (χ1n) is 10.8. The molecule has 1 N–H and O–H groups in total. The second-order valence-corrected chi connectivity index (χ2v) is 10.3. The van der Waals surface area contributed by atoms with Crippen molar-refractivity contribution in [1.29, 1.82) is 0 Å². The van der Waals surface area contributed by atoms with E-state index in [2.05, 4.69) is 37.2 Å². The van der Waals surface area contributed by atoms with Crippen LogP contribution in [-0.4, -0.2) is 35.4 Å². The number of nitrogens with zero attached hydrogens (tertiary/aromatic N) is 1. The smallest absolute Gasteiger partial charge is 0.261 e. The first kappa shape index (κ1) is 25.1. The highest BCUT2D eigenvalue weighted by Crippen LogP contribution is 2.28. The van der Waals surface area contributed by atoms with E-state index in [1.54, 1.807) is 30.0 Å². The normalized spacial score (nSPS) is 15.1. The van der Waals surface area contributed by atoms with Gasteiger partial charge in [0.2, 0.25) is 5.91 Å². The topological polar surface area (TPSA) is 58.6 Å². The molecule has 1 atom stereocenters. The van der Waals surface area contributed by atoms with Crippen LogP contribution in [0.2, 0.25) is 5.02 Å². The molecule has 32 heavy (non-hydrogen) atoms. The first-order chi connectivity index (χ1) is 15.3. The van der Waals surface area contributed by atoms with Crippen LogP contribution in [0.3, 0.4) is 0 Å². The number of halogens is 3. The van der Waals surface area contributed by atoms with Crippen LogP contribution in [0.1, 0.15) is 44.6 Å². The summed E-state index contributed by atoms with van der Waals surface area (Å²) in [4.78, 5) is 27.7. The highest BCUT2D eigenvalue weighted by molar-refractivity contribution is 9.10. The number of benzene rings is 2. The standard InChI is InChI=1S/C24H27Br2ClN2O3/c1-16(24(31)28-20-5-3-2-4-6-20)29(14-17-7-9-18(25)10-8-17)23(30)15-32-22-12-11-19(26)13-21(22)27/h7-13,16,20H,2-6,14-15H2,1H3,(H,28,31)/t16-/m1/s1. The molecule has 0 aliphatic heterocycles. The Balaban J connectivity index is 1.71. The van der Waals surface area contributed by atoms with Crippen LogP contribution in [0.15, 0.2) is 51.4 Å². The lowest BCUT2D eigenvalue weighted by Gasteiger charge is -2.31. The third kappa shape index (κ3) is 7.22. The maximum Gasteiger partial charge on any atom is 0.261 e. The van der Waals surface area contributed by atoms with Gasteiger partial charge >= 0.3 is 0 Å². The molecule has 8 heteroatoms. The third-order valence-electron chi connectivity index (χ3n) is 5.63. The van der Waals surface area contributed by atoms with Crippen LogP contribution in [0.4, 0.5) is 0 Å². The Morgan fingerprint density at radius 3 is 2.41 bits per heavy atom. The second kappa shape index (κ2) is 12.1. The van der Waals surface area contributed by atoms with Gasteiger partial charge in [0.15, 0.2) is 6.61 Å². The quantitative estimate of drug-likeness (QED) is 0.406. The van der Waals surface area contributed by atoms with E-state index in [1.165, 1.54) is 6.42 Å². The molecule has 5 nitrogen and oxygen atoms in total. The summed E-state index contributed by atoms with van der Waals surface area (Å²) in [6.45, 7) is 1.86. The van der Waals surface area contributed by atoms with Crippen LogP contribution in [-0.2, 0) is 16.1 Å². The minimum atomic E-state index is -0.628. The van der Waals surface area contributed by atoms with Crippen molar-refractivity contribution >= 4 is 55.3 Å². The van der Waals surface area contributed by atoms with Crippen molar-refractivity contribution in [3.63, 3.8) is 0 Å². The Kier molecular flexibility index (Phi) is 9.44. The minimum Gasteiger partial charge on any atom is -0.482 e. The number of amides is 2. The van der Waals surface area contributed by atoms with Crippen LogP contribution in [0.5, 0.6) is 5.75 Å². The van der Waals surface area contributed by atoms with Crippen LogP contribution in [0, 0.1) is 0 Å². The van der Waals surface area contributed by atoms with Gasteiger partial charge in [0, 0.05) is 21.5 Å². The van der Waals surface area contributed by atoms with Gasteiger partial charge < -0.3 is 15.0 Å². The molecule has 1 saturated carbocycles. The molecule has 1 fully saturated rings. The van der Waals surface area contributed by atoms with Gasteiger partial charge in [-0.05, 0) is 55.7 Å². The van der Waals surface area contributed by atoms with Crippen molar-refractivity contribution in [2.24, 2.45) is 0 Å². The second-order valence-electron chi connectivity index (χ2n) is 8.03. The number of ether oxygens (including phenoxy) is 1. The van der Waals surface area contributed by atoms with Gasteiger partial charge in [0.05, 0.1) is 5.02 Å². The van der Waals surface area contributed by atoms with Crippen molar-refractivity contribution in [2.45, 2.75) is 57.7 Å². The van der Waals surface area contributed by atoms with Crippen molar-refractivity contribution in [3.05, 3.63) is 62.0 Å². The average Bonchev–Trinajstić information content (AvgIpc) is 2.78. The molecular formula is C24H27Br2ClN2O3. The van der Waals surface area contributed by atoms with Gasteiger partial charge in [-0.1, -0.05) is 74.9 Å². The lowest BCUT2D eigenvalue weighted by atomic mass is 9.95. The molecule has 0 aromatic heterocycles. The molecule has 2 amide bonds. The van der Waals surface area contributed by atoms with E-state index in [1.807, 2.05) is 24.3 Å². The maximum atomic E-state index is 13.2. The van der Waals surface area contributed by atoms with Crippen LogP contribution >= 0.6 is 43.5 Å². The number of hydrogen-bond acceptors (Lipinski definition) is 3. The molecule has 2 aromatic rings. The molecule has 1 aliphatic carbocycles. The largest absolute Gasteiger partial charge is 0.482 e. The molecule has 1 aliphatic rings. The zero-order valence-electron chi connectivity index (χ0n) is 18.0. The van der Waals surface area contributed by atoms with E-state index < -0.39 is 6.04 Å². The van der Waals surface area contributed by atoms with Gasteiger partial charge in [-0.25, -0.2) is 0 Å². The van der Waals surface area contributed by atoms with Crippen LogP contribution in [0.25, 0.3) is 0 Å². The van der Waals surface area contributed by atoms with Crippen molar-refractivity contribution in [2.75, 3.05) is 6.61 Å². The fourth-order valence-electron chi connectivity index (χ4n) is 3.75. The molecule has 0 spiro atoms. The molecule has 0 radical (unpaired) electrons. The van der Waals surface area contributed by atoms with E-state index in [4.69, 9.17) is 16.3 Å². The zero-order chi connectivity index (χ0) is 23.1. The predicted molar refractivity (Wildman–Crippen MR) is 134 cm³/mol. The Morgan fingerprint density at radius 2 is 1.75 bits per heavy atom. The molecule has 3 rings (SSSR count). The van der Waals surface area contributed by atoms with E-state index in [9.17, 15) is 9.59 Å². The SMILES string of the molecule is C[C@H](C(=O)NC1CCCCC1)N(Cc1ccc(Br)cc1)C(=O)COc1ccc(Br)cc1Cl. The summed E-state index contributed by atoms with van der Waals surface area (Å²) in [6, 6.07) is 12.5. The summed E-state index contributed by atoms with van der Waals surface area (Å²) in [6.07, 6.45) is 5.45. The van der Waals surface area contributed by atoms with Gasteiger partial charge in [0.25, 0.3) is 5.91 Å². The van der Waals surface area contributed by atoms with Crippen molar-refractivity contribution in [3.8, 4) is 5.75 Å². The number of hydrogen-bond donors (Lipinski definition) is 1. The number of carbonyl (C=O) groups is 2. The van der Waals surface area contributed by atoms with Gasteiger partial charge in [-0.3, -0.25) is 9.59 Å². The molecule has 0 unspecified atom stereocenters. The zero-order valence-corrected chi connectivity index (χ0v) is 21.9. The molecule has 172 valence electrons. The third-order valence-corrected chi connectivity index (χ3v) is 6.95. The molecule has 2 aromatic carbocycles. The van der Waals surface area contributed by atoms with Gasteiger partial charge in [-0.15, -0.1) is 0 Å². The molecular weight excluding hydrogens is 560 g/mol. The summed E-state index contributed by atoms with van der Waals surface area (Å²) in [5.74, 6) is 0.00773. The summed E-state index contributed by atoms with van der Waals surface area (Å²) in [7, 11) is 0. The van der Waals surface area contributed by atoms with Crippen LogP contribution < -0.4 is 10.1 Å². The minimum absolute atomic E-state index is 0.135.